The minimum absolute atomic E-state index is 0.169. The topological polar surface area (TPSA) is 81.8 Å². The molecule has 2 heterocycles. The zero-order valence-electron chi connectivity index (χ0n) is 17.6. The van der Waals surface area contributed by atoms with E-state index >= 15 is 0 Å². The zero-order chi connectivity index (χ0) is 22.8. The Bertz CT molecular complexity index is 1520. The minimum Gasteiger partial charge on any atom is -0.350 e. The molecule has 0 atom stereocenters. The van der Waals surface area contributed by atoms with E-state index in [1.54, 1.807) is 22.9 Å². The molecule has 0 aliphatic carbocycles. The first kappa shape index (κ1) is 20.6. The fourth-order valence-electron chi connectivity index (χ4n) is 3.85. The van der Waals surface area contributed by atoms with Gasteiger partial charge in [-0.25, -0.2) is 14.1 Å². The third kappa shape index (κ3) is 4.10. The third-order valence-electron chi connectivity index (χ3n) is 5.53. The summed E-state index contributed by atoms with van der Waals surface area (Å²) in [6, 6.07) is 19.3. The molecule has 0 saturated carbocycles. The number of fused-ring (bicyclic) bond motifs is 2. The van der Waals surface area contributed by atoms with E-state index in [2.05, 4.69) is 15.4 Å². The van der Waals surface area contributed by atoms with Crippen LogP contribution < -0.4 is 10.9 Å². The van der Waals surface area contributed by atoms with Crippen molar-refractivity contribution < 1.29 is 9.18 Å². The molecule has 0 saturated heterocycles. The van der Waals surface area contributed by atoms with E-state index in [9.17, 15) is 14.0 Å². The van der Waals surface area contributed by atoms with Crippen LogP contribution in [0.3, 0.4) is 0 Å². The Morgan fingerprint density at radius 2 is 1.76 bits per heavy atom. The minimum atomic E-state index is -0.325. The Kier molecular flexibility index (Phi) is 5.40. The highest BCUT2D eigenvalue weighted by Crippen LogP contribution is 2.18. The Labute approximate surface area is 188 Å². The number of hydrogen-bond donors (Lipinski definition) is 1. The normalized spacial score (nSPS) is 11.2. The van der Waals surface area contributed by atoms with Crippen LogP contribution in [0, 0.1) is 5.82 Å². The van der Waals surface area contributed by atoms with Crippen LogP contribution in [0.25, 0.3) is 21.8 Å². The molecule has 2 aromatic heterocycles. The van der Waals surface area contributed by atoms with Crippen LogP contribution in [-0.2, 0) is 13.1 Å². The molecule has 5 rings (SSSR count). The van der Waals surface area contributed by atoms with E-state index in [1.165, 1.54) is 29.2 Å². The number of benzene rings is 3. The number of amides is 1. The van der Waals surface area contributed by atoms with Gasteiger partial charge in [-0.15, -0.1) is 0 Å². The highest BCUT2D eigenvalue weighted by Gasteiger charge is 2.12. The van der Waals surface area contributed by atoms with Gasteiger partial charge >= 0.3 is 0 Å². The second-order valence-electron chi connectivity index (χ2n) is 7.69. The van der Waals surface area contributed by atoms with Gasteiger partial charge in [-0.05, 0) is 34.5 Å². The predicted molar refractivity (Wildman–Crippen MR) is 124 cm³/mol. The summed E-state index contributed by atoms with van der Waals surface area (Å²) in [5.41, 5.74) is 1.63. The molecule has 1 N–H and O–H groups in total. The van der Waals surface area contributed by atoms with Gasteiger partial charge in [0.25, 0.3) is 11.5 Å². The first-order valence-corrected chi connectivity index (χ1v) is 10.5. The van der Waals surface area contributed by atoms with E-state index in [4.69, 9.17) is 0 Å². The maximum Gasteiger partial charge on any atom is 0.264 e. The van der Waals surface area contributed by atoms with Crippen LogP contribution in [0.1, 0.15) is 15.9 Å². The molecule has 3 aromatic carbocycles. The fourth-order valence-corrected chi connectivity index (χ4v) is 3.85. The molecular weight excluding hydrogens is 421 g/mol. The number of nitrogens with one attached hydrogen (secondary N) is 1. The van der Waals surface area contributed by atoms with Gasteiger partial charge in [0.2, 0.25) is 0 Å². The molecule has 0 aliphatic heterocycles. The van der Waals surface area contributed by atoms with E-state index in [0.717, 1.165) is 16.3 Å². The molecule has 0 unspecified atom stereocenters. The van der Waals surface area contributed by atoms with Gasteiger partial charge in [0, 0.05) is 12.1 Å². The van der Waals surface area contributed by atoms with Gasteiger partial charge in [0.15, 0.2) is 5.65 Å². The van der Waals surface area contributed by atoms with Gasteiger partial charge in [0.1, 0.15) is 17.5 Å². The van der Waals surface area contributed by atoms with Crippen LogP contribution in [0.5, 0.6) is 0 Å². The maximum absolute atomic E-state index is 13.1. The summed E-state index contributed by atoms with van der Waals surface area (Å²) >= 11 is 0. The van der Waals surface area contributed by atoms with Crippen molar-refractivity contribution in [3.8, 4) is 0 Å². The van der Waals surface area contributed by atoms with Crippen LogP contribution in [0.15, 0.2) is 84.0 Å². The third-order valence-corrected chi connectivity index (χ3v) is 5.53. The number of rotatable bonds is 6. The van der Waals surface area contributed by atoms with Crippen molar-refractivity contribution in [1.82, 2.24) is 24.6 Å². The van der Waals surface area contributed by atoms with Crippen LogP contribution in [0.4, 0.5) is 4.39 Å². The highest BCUT2D eigenvalue weighted by molar-refractivity contribution is 6.06. The van der Waals surface area contributed by atoms with Crippen molar-refractivity contribution in [2.45, 2.75) is 13.1 Å². The molecule has 1 amide bonds. The van der Waals surface area contributed by atoms with Crippen molar-refractivity contribution in [3.63, 3.8) is 0 Å². The number of carbonyl (C=O) groups excluding carboxylic acids is 1. The van der Waals surface area contributed by atoms with E-state index in [0.29, 0.717) is 29.7 Å². The van der Waals surface area contributed by atoms with Crippen molar-refractivity contribution in [3.05, 3.63) is 107 Å². The maximum atomic E-state index is 13.1. The quantitative estimate of drug-likeness (QED) is 0.438. The second-order valence-corrected chi connectivity index (χ2v) is 7.69. The molecule has 0 spiro atoms. The average Bonchev–Trinajstić information content (AvgIpc) is 3.25. The molecule has 0 radical (unpaired) electrons. The number of nitrogens with zero attached hydrogens (tertiary/aromatic N) is 4. The number of hydrogen-bond acceptors (Lipinski definition) is 4. The van der Waals surface area contributed by atoms with Crippen molar-refractivity contribution >= 4 is 27.7 Å². The Hall–Kier alpha value is -4.33. The van der Waals surface area contributed by atoms with Crippen molar-refractivity contribution in [2.75, 3.05) is 6.54 Å². The summed E-state index contributed by atoms with van der Waals surface area (Å²) in [5.74, 6) is -0.494. The SMILES string of the molecule is O=C(NCCn1ncc2c(=O)n(Cc3ccc(F)cc3)cnc21)c1cccc2ccccc12. The van der Waals surface area contributed by atoms with E-state index in [1.807, 2.05) is 36.4 Å². The lowest BCUT2D eigenvalue weighted by atomic mass is 10.0. The predicted octanol–water partition coefficient (Wildman–Crippen LogP) is 3.36. The summed E-state index contributed by atoms with van der Waals surface area (Å²) in [4.78, 5) is 29.9. The van der Waals surface area contributed by atoms with Crippen molar-refractivity contribution in [1.29, 1.82) is 0 Å². The molecule has 0 aliphatic rings. The lowest BCUT2D eigenvalue weighted by molar-refractivity contribution is 0.0953. The second kappa shape index (κ2) is 8.66. The molecule has 33 heavy (non-hydrogen) atoms. The smallest absolute Gasteiger partial charge is 0.264 e. The molecule has 8 heteroatoms. The standard InChI is InChI=1S/C25H20FN5O2/c26-19-10-8-17(9-11-19)15-30-16-28-23-22(25(30)33)14-29-31(23)13-12-27-24(32)21-7-3-5-18-4-1-2-6-20(18)21/h1-11,14,16H,12-13,15H2,(H,27,32). The van der Waals surface area contributed by atoms with E-state index in [-0.39, 0.29) is 23.8 Å². The average molecular weight is 441 g/mol. The Morgan fingerprint density at radius 3 is 2.61 bits per heavy atom. The van der Waals surface area contributed by atoms with Crippen LogP contribution >= 0.6 is 0 Å². The molecule has 0 bridgehead atoms. The van der Waals surface area contributed by atoms with Gasteiger partial charge in [0.05, 0.1) is 19.3 Å². The highest BCUT2D eigenvalue weighted by atomic mass is 19.1. The van der Waals surface area contributed by atoms with Crippen LogP contribution in [0.2, 0.25) is 0 Å². The van der Waals surface area contributed by atoms with Gasteiger partial charge in [-0.2, -0.15) is 5.10 Å². The molecule has 7 nitrogen and oxygen atoms in total. The fraction of sp³-hybridized carbons (Fsp3) is 0.120. The van der Waals surface area contributed by atoms with Gasteiger partial charge in [-0.1, -0.05) is 48.5 Å². The lowest BCUT2D eigenvalue weighted by Crippen LogP contribution is -2.28. The monoisotopic (exact) mass is 441 g/mol. The number of carbonyl (C=O) groups is 1. The molecule has 0 fully saturated rings. The lowest BCUT2D eigenvalue weighted by Gasteiger charge is -2.09. The van der Waals surface area contributed by atoms with Crippen LogP contribution in [-0.4, -0.2) is 31.8 Å². The molecule has 5 aromatic rings. The summed E-state index contributed by atoms with van der Waals surface area (Å²) in [7, 11) is 0. The van der Waals surface area contributed by atoms with E-state index < -0.39 is 0 Å². The molecular formula is C25H20FN5O2. The first-order chi connectivity index (χ1) is 16.1. The zero-order valence-corrected chi connectivity index (χ0v) is 17.6. The van der Waals surface area contributed by atoms with Gasteiger partial charge in [-0.3, -0.25) is 14.2 Å². The Morgan fingerprint density at radius 1 is 0.970 bits per heavy atom. The first-order valence-electron chi connectivity index (χ1n) is 10.5. The summed E-state index contributed by atoms with van der Waals surface area (Å²) in [6.45, 7) is 0.988. The Balaban J connectivity index is 1.29. The number of halogens is 1. The summed E-state index contributed by atoms with van der Waals surface area (Å²) in [6.07, 6.45) is 2.94. The summed E-state index contributed by atoms with van der Waals surface area (Å²) in [5, 5.41) is 9.48. The largest absolute Gasteiger partial charge is 0.350 e. The molecule has 164 valence electrons. The van der Waals surface area contributed by atoms with Crippen molar-refractivity contribution in [2.24, 2.45) is 0 Å². The van der Waals surface area contributed by atoms with Gasteiger partial charge < -0.3 is 5.32 Å². The summed E-state index contributed by atoms with van der Waals surface area (Å²) < 4.78 is 16.2. The number of aromatic nitrogens is 4.